The fraction of sp³-hybridized carbons (Fsp3) is 0.429. The molecule has 1 aromatic carbocycles. The Bertz CT molecular complexity index is 2070. The van der Waals surface area contributed by atoms with Gasteiger partial charge in [-0.2, -0.15) is 26.3 Å². The van der Waals surface area contributed by atoms with E-state index in [-0.39, 0.29) is 33.4 Å². The number of carbonyl (C=O) groups is 3. The molecule has 3 aromatic heterocycles. The molecule has 1 unspecified atom stereocenters. The van der Waals surface area contributed by atoms with Crippen molar-refractivity contribution in [3.8, 4) is 21.7 Å². The molecule has 0 saturated carbocycles. The van der Waals surface area contributed by atoms with Gasteiger partial charge in [0.1, 0.15) is 16.4 Å². The van der Waals surface area contributed by atoms with E-state index < -0.39 is 41.4 Å². The van der Waals surface area contributed by atoms with Crippen LogP contribution in [0.25, 0.3) is 32.6 Å². The van der Waals surface area contributed by atoms with Crippen LogP contribution in [-0.4, -0.2) is 105 Å². The lowest BCUT2D eigenvalue weighted by Gasteiger charge is -2.36. The van der Waals surface area contributed by atoms with E-state index in [9.17, 15) is 45.8 Å². The van der Waals surface area contributed by atoms with Crippen LogP contribution in [0, 0.1) is 0 Å². The van der Waals surface area contributed by atoms with Crippen molar-refractivity contribution in [2.75, 3.05) is 51.1 Å². The number of rotatable bonds is 11. The maximum absolute atomic E-state index is 13.6. The highest BCUT2D eigenvalue weighted by Gasteiger charge is 2.38. The summed E-state index contributed by atoms with van der Waals surface area (Å²) < 4.78 is 74.1. The third kappa shape index (κ3) is 10.8. The molecule has 4 aromatic rings. The average molecular weight is 800 g/mol. The van der Waals surface area contributed by atoms with Gasteiger partial charge in [0.05, 0.1) is 5.52 Å². The smallest absolute Gasteiger partial charge is 0.477 e. The number of likely N-dealkylation sites (N-methyl/N-ethyl adjacent to an activating group) is 1. The van der Waals surface area contributed by atoms with Crippen LogP contribution in [0.15, 0.2) is 46.8 Å². The number of piperidine rings is 1. The van der Waals surface area contributed by atoms with Crippen molar-refractivity contribution in [3.63, 3.8) is 0 Å². The van der Waals surface area contributed by atoms with Crippen LogP contribution in [0.4, 0.5) is 37.0 Å². The maximum atomic E-state index is 13.6. The summed E-state index contributed by atoms with van der Waals surface area (Å²) in [6.45, 7) is 11.7. The molecule has 1 aliphatic heterocycles. The van der Waals surface area contributed by atoms with Crippen molar-refractivity contribution in [2.24, 2.45) is 0 Å². The molecule has 0 aliphatic carbocycles. The second-order valence-corrected chi connectivity index (χ2v) is 13.2. The van der Waals surface area contributed by atoms with E-state index in [1.807, 2.05) is 4.57 Å². The number of nitrogens with one attached hydrogen (secondary N) is 2. The van der Waals surface area contributed by atoms with E-state index in [1.54, 1.807) is 25.1 Å². The standard InChI is InChI=1S/C33H38F3N7O4S.C2HF3O2/c1-4-37-32(47)40-28-15-22(30-39-27(19-48-30)33(34,35)36)24(16-38-28)20-9-10-26-23(14-20)29(44)25(31(45)46)18-43(26)21-8-7-11-42(17-21)13-12-41(5-2)6-3;3-2(4,5)1(6)7/h9-10,14-16,18-19,21H,4-8,11-13,17H2,1-3H3,(H,45,46)(H2,37,38,40,47);(H,6,7). The van der Waals surface area contributed by atoms with Gasteiger partial charge in [0.25, 0.3) is 0 Å². The van der Waals surface area contributed by atoms with Gasteiger partial charge in [0, 0.05) is 66.5 Å². The predicted molar refractivity (Wildman–Crippen MR) is 193 cm³/mol. The normalized spacial score (nSPS) is 15.1. The molecule has 1 saturated heterocycles. The number of carbonyl (C=O) groups excluding carboxylic acids is 1. The number of carboxylic acids is 2. The number of aromatic carboxylic acids is 1. The minimum absolute atomic E-state index is 0.0301. The van der Waals surface area contributed by atoms with Crippen LogP contribution in [0.3, 0.4) is 0 Å². The number of likely N-dealkylation sites (tertiary alicyclic amines) is 1. The average Bonchev–Trinajstić information content (AvgIpc) is 3.64. The molecule has 0 radical (unpaired) electrons. The summed E-state index contributed by atoms with van der Waals surface area (Å²) in [5.41, 5.74) is -0.502. The fourth-order valence-corrected chi connectivity index (χ4v) is 6.90. The van der Waals surface area contributed by atoms with Gasteiger partial charge < -0.3 is 29.9 Å². The predicted octanol–water partition coefficient (Wildman–Crippen LogP) is 6.66. The molecular weight excluding hydrogens is 760 g/mol. The number of hydrogen-bond donors (Lipinski definition) is 4. The van der Waals surface area contributed by atoms with E-state index in [0.717, 1.165) is 62.3 Å². The number of benzene rings is 1. The summed E-state index contributed by atoms with van der Waals surface area (Å²) in [5.74, 6) is -4.02. The summed E-state index contributed by atoms with van der Waals surface area (Å²) in [6, 6.07) is 5.83. The first-order valence-electron chi connectivity index (χ1n) is 17.1. The fourth-order valence-electron chi connectivity index (χ4n) is 6.04. The molecule has 1 atom stereocenters. The number of urea groups is 1. The van der Waals surface area contributed by atoms with E-state index in [4.69, 9.17) is 9.90 Å². The van der Waals surface area contributed by atoms with Crippen molar-refractivity contribution in [3.05, 3.63) is 63.5 Å². The number of carboxylic acid groups (broad SMARTS) is 2. The summed E-state index contributed by atoms with van der Waals surface area (Å²) in [7, 11) is 0. The van der Waals surface area contributed by atoms with Gasteiger partial charge in [0.2, 0.25) is 5.43 Å². The topological polar surface area (TPSA) is 170 Å². The molecule has 20 heteroatoms. The zero-order valence-corrected chi connectivity index (χ0v) is 30.7. The number of fused-ring (bicyclic) bond motifs is 1. The Morgan fingerprint density at radius 2 is 1.73 bits per heavy atom. The van der Waals surface area contributed by atoms with Crippen LogP contribution >= 0.6 is 11.3 Å². The highest BCUT2D eigenvalue weighted by atomic mass is 32.1. The monoisotopic (exact) mass is 799 g/mol. The zero-order chi connectivity index (χ0) is 40.7. The lowest BCUT2D eigenvalue weighted by atomic mass is 9.98. The number of thiazole rings is 1. The second kappa shape index (κ2) is 18.0. The Balaban J connectivity index is 0.000000876. The highest BCUT2D eigenvalue weighted by Crippen LogP contribution is 2.39. The van der Waals surface area contributed by atoms with Crippen molar-refractivity contribution in [1.29, 1.82) is 0 Å². The summed E-state index contributed by atoms with van der Waals surface area (Å²) in [5, 5.41) is 23.4. The second-order valence-electron chi connectivity index (χ2n) is 12.4. The van der Waals surface area contributed by atoms with E-state index in [0.29, 0.717) is 29.7 Å². The number of aromatic nitrogens is 3. The van der Waals surface area contributed by atoms with Gasteiger partial charge in [-0.25, -0.2) is 24.4 Å². The zero-order valence-electron chi connectivity index (χ0n) is 29.9. The first-order valence-corrected chi connectivity index (χ1v) is 18.0. The molecule has 55 heavy (non-hydrogen) atoms. The van der Waals surface area contributed by atoms with E-state index in [2.05, 4.69) is 44.2 Å². The number of amides is 2. The van der Waals surface area contributed by atoms with Crippen LogP contribution in [-0.2, 0) is 11.0 Å². The van der Waals surface area contributed by atoms with Gasteiger partial charge in [-0.05, 0) is 63.2 Å². The number of nitrogens with zero attached hydrogens (tertiary/aromatic N) is 5. The number of pyridine rings is 2. The van der Waals surface area contributed by atoms with Crippen molar-refractivity contribution in [2.45, 2.75) is 52.0 Å². The summed E-state index contributed by atoms with van der Waals surface area (Å²) >= 11 is 0.781. The first-order chi connectivity index (χ1) is 25.9. The summed E-state index contributed by atoms with van der Waals surface area (Å²) in [4.78, 5) is 59.8. The Morgan fingerprint density at radius 3 is 2.31 bits per heavy atom. The van der Waals surface area contributed by atoms with Crippen LogP contribution in [0.2, 0.25) is 0 Å². The molecule has 2 amide bonds. The number of anilines is 1. The lowest BCUT2D eigenvalue weighted by Crippen LogP contribution is -2.41. The molecule has 4 N–H and O–H groups in total. The third-order valence-electron chi connectivity index (χ3n) is 8.82. The van der Waals surface area contributed by atoms with E-state index in [1.165, 1.54) is 18.5 Å². The van der Waals surface area contributed by atoms with Crippen LogP contribution in [0.5, 0.6) is 0 Å². The van der Waals surface area contributed by atoms with Crippen LogP contribution in [0.1, 0.15) is 55.7 Å². The van der Waals surface area contributed by atoms with Gasteiger partial charge in [-0.3, -0.25) is 10.1 Å². The summed E-state index contributed by atoms with van der Waals surface area (Å²) in [6.07, 6.45) is -5.21. The molecule has 0 bridgehead atoms. The molecular formula is C35H39F6N7O6S. The van der Waals surface area contributed by atoms with Gasteiger partial charge >= 0.3 is 30.3 Å². The van der Waals surface area contributed by atoms with Crippen molar-refractivity contribution < 1.29 is 50.9 Å². The maximum Gasteiger partial charge on any atom is 0.490 e. The van der Waals surface area contributed by atoms with Gasteiger partial charge in [-0.15, -0.1) is 11.3 Å². The molecule has 1 aliphatic rings. The van der Waals surface area contributed by atoms with Crippen molar-refractivity contribution >= 4 is 46.0 Å². The number of hydrogen-bond acceptors (Lipinski definition) is 9. The SMILES string of the molecule is CCNC(=O)Nc1cc(-c2nc(C(F)(F)F)cs2)c(-c2ccc3c(c2)c(=O)c(C(=O)O)cn3C2CCCN(CCN(CC)CC)C2)cn1.O=C(O)C(F)(F)F. The lowest BCUT2D eigenvalue weighted by molar-refractivity contribution is -0.192. The van der Waals surface area contributed by atoms with E-state index >= 15 is 0 Å². The number of aliphatic carboxylic acids is 1. The molecule has 4 heterocycles. The Hall–Kier alpha value is -5.08. The third-order valence-corrected chi connectivity index (χ3v) is 9.70. The molecule has 0 spiro atoms. The minimum Gasteiger partial charge on any atom is -0.477 e. The Labute approximate surface area is 314 Å². The number of alkyl halides is 6. The Kier molecular flexibility index (Phi) is 14.0. The molecule has 13 nitrogen and oxygen atoms in total. The minimum atomic E-state index is -5.08. The quantitative estimate of drug-likeness (QED) is 0.120. The van der Waals surface area contributed by atoms with Gasteiger partial charge in [-0.1, -0.05) is 19.9 Å². The van der Waals surface area contributed by atoms with Crippen LogP contribution < -0.4 is 16.1 Å². The largest absolute Gasteiger partial charge is 0.490 e. The van der Waals surface area contributed by atoms with Crippen molar-refractivity contribution in [1.82, 2.24) is 29.7 Å². The Morgan fingerprint density at radius 1 is 1.04 bits per heavy atom. The molecule has 5 rings (SSSR count). The molecule has 1 fully saturated rings. The molecule has 298 valence electrons. The number of halogens is 6. The highest BCUT2D eigenvalue weighted by molar-refractivity contribution is 7.13. The first kappa shape index (κ1) is 42.7. The van der Waals surface area contributed by atoms with Gasteiger partial charge in [0.15, 0.2) is 5.69 Å².